The Labute approximate surface area is 239 Å². The van der Waals surface area contributed by atoms with Crippen molar-refractivity contribution in [1.82, 2.24) is 0 Å². The van der Waals surface area contributed by atoms with Gasteiger partial charge in [-0.15, -0.1) is 0 Å². The summed E-state index contributed by atoms with van der Waals surface area (Å²) in [5, 5.41) is 7.67. The molecule has 0 atom stereocenters. The van der Waals surface area contributed by atoms with Crippen molar-refractivity contribution in [2.24, 2.45) is 0 Å². The van der Waals surface area contributed by atoms with Gasteiger partial charge in [-0.05, 0) is 11.6 Å². The monoisotopic (exact) mass is 796 g/mol. The van der Waals surface area contributed by atoms with E-state index in [1.807, 2.05) is 0 Å². The van der Waals surface area contributed by atoms with Gasteiger partial charge in [0.15, 0.2) is 0 Å². The van der Waals surface area contributed by atoms with Crippen molar-refractivity contribution < 1.29 is 138 Å². The topological polar surface area (TPSA) is 46.5 Å². The summed E-state index contributed by atoms with van der Waals surface area (Å²) in [5.74, 6) is -118. The van der Waals surface area contributed by atoms with Crippen molar-refractivity contribution in [3.63, 3.8) is 0 Å². The first-order chi connectivity index (χ1) is 19.7. The predicted octanol–water partition coefficient (Wildman–Crippen LogP) is 9.09. The number of rotatable bonds is 15. The van der Waals surface area contributed by atoms with Crippen molar-refractivity contribution in [2.45, 2.75) is 82.7 Å². The second kappa shape index (κ2) is 10.9. The minimum absolute atomic E-state index is 1.30. The molecular formula is C15HClF28O3. The molecule has 0 heterocycles. The number of aliphatic carboxylic acids is 1. The van der Waals surface area contributed by atoms with E-state index in [-0.39, 0.29) is 0 Å². The third-order valence-corrected chi connectivity index (χ3v) is 5.29. The summed E-state index contributed by atoms with van der Waals surface area (Å²) >= 11 is 3.39. The molecule has 0 aromatic carbocycles. The van der Waals surface area contributed by atoms with Gasteiger partial charge in [0.2, 0.25) is 0 Å². The Kier molecular flexibility index (Phi) is 10.4. The van der Waals surface area contributed by atoms with Crippen molar-refractivity contribution in [3.05, 3.63) is 0 Å². The van der Waals surface area contributed by atoms with Crippen LogP contribution >= 0.6 is 11.6 Å². The van der Waals surface area contributed by atoms with Gasteiger partial charge in [0.25, 0.3) is 0 Å². The van der Waals surface area contributed by atoms with E-state index < -0.39 is 88.7 Å². The molecule has 1 N–H and O–H groups in total. The van der Waals surface area contributed by atoms with Gasteiger partial charge in [-0.2, -0.15) is 123 Å². The molecule has 0 aromatic rings. The number of carbonyl (C=O) groups is 1. The number of carboxylic acids is 1. The van der Waals surface area contributed by atoms with Crippen LogP contribution in [0.5, 0.6) is 0 Å². The van der Waals surface area contributed by atoms with Crippen LogP contribution in [0.2, 0.25) is 0 Å². The molecule has 282 valence electrons. The maximum Gasteiger partial charge on any atom is 0.445 e. The third-order valence-electron chi connectivity index (χ3n) is 5.22. The average molecular weight is 797 g/mol. The normalized spacial score (nSPS) is 16.9. The highest BCUT2D eigenvalue weighted by molar-refractivity contribution is 6.20. The minimum Gasteiger partial charge on any atom is -0.477 e. The Hall–Kier alpha value is -2.24. The van der Waals surface area contributed by atoms with Crippen LogP contribution in [0.25, 0.3) is 0 Å². The molecule has 0 amide bonds. The average Bonchev–Trinajstić information content (AvgIpc) is 2.80. The first-order valence-corrected chi connectivity index (χ1v) is 9.94. The van der Waals surface area contributed by atoms with Crippen LogP contribution in [0.4, 0.5) is 123 Å². The lowest BCUT2D eigenvalue weighted by molar-refractivity contribution is -0.496. The van der Waals surface area contributed by atoms with E-state index in [4.69, 9.17) is 5.11 Å². The fraction of sp³-hybridized carbons (Fsp3) is 0.933. The van der Waals surface area contributed by atoms with Gasteiger partial charge in [0.05, 0.1) is 0 Å². The van der Waals surface area contributed by atoms with Crippen LogP contribution in [-0.2, 0) is 9.53 Å². The fourth-order valence-corrected chi connectivity index (χ4v) is 2.60. The van der Waals surface area contributed by atoms with E-state index in [2.05, 4.69) is 11.6 Å². The van der Waals surface area contributed by atoms with Crippen LogP contribution in [0.15, 0.2) is 0 Å². The Morgan fingerprint density at radius 2 is 0.532 bits per heavy atom. The van der Waals surface area contributed by atoms with Crippen LogP contribution in [0.3, 0.4) is 0 Å². The third kappa shape index (κ3) is 5.50. The Morgan fingerprint density at radius 1 is 0.362 bits per heavy atom. The molecule has 0 unspecified atom stereocenters. The molecule has 0 fully saturated rings. The summed E-state index contributed by atoms with van der Waals surface area (Å²) in [5.41, 5.74) is -6.45. The molecule has 0 radical (unpaired) electrons. The quantitative estimate of drug-likeness (QED) is 0.133. The largest absolute Gasteiger partial charge is 0.477 e. The fourth-order valence-electron chi connectivity index (χ4n) is 2.50. The summed E-state index contributed by atoms with van der Waals surface area (Å²) < 4.78 is 375. The molecule has 0 aliphatic carbocycles. The van der Waals surface area contributed by atoms with Crippen LogP contribution < -0.4 is 0 Å². The smallest absolute Gasteiger partial charge is 0.445 e. The highest BCUT2D eigenvalue weighted by atomic mass is 35.5. The van der Waals surface area contributed by atoms with Crippen molar-refractivity contribution in [1.29, 1.82) is 0 Å². The zero-order chi connectivity index (χ0) is 39.3. The van der Waals surface area contributed by atoms with E-state index in [0.717, 1.165) is 0 Å². The lowest BCUT2D eigenvalue weighted by Crippen LogP contribution is -2.79. The highest BCUT2D eigenvalue weighted by Crippen LogP contribution is 2.68. The molecule has 0 aliphatic rings. The van der Waals surface area contributed by atoms with Gasteiger partial charge in [0, 0.05) is 0 Å². The number of hydrogen-bond acceptors (Lipinski definition) is 2. The van der Waals surface area contributed by atoms with Crippen molar-refractivity contribution in [2.75, 3.05) is 0 Å². The molecule has 0 saturated carbocycles. The summed E-state index contributed by atoms with van der Waals surface area (Å²) in [6.45, 7) is 0. The Morgan fingerprint density at radius 3 is 0.702 bits per heavy atom. The highest BCUT2D eigenvalue weighted by Gasteiger charge is 3.00. The molecule has 0 aromatic heterocycles. The first-order valence-electron chi connectivity index (χ1n) is 9.57. The van der Waals surface area contributed by atoms with E-state index in [9.17, 15) is 128 Å². The molecule has 0 bridgehead atoms. The lowest BCUT2D eigenvalue weighted by Gasteiger charge is -2.46. The molecule has 3 nitrogen and oxygen atoms in total. The molecule has 0 saturated heterocycles. The number of alkyl halides is 29. The van der Waals surface area contributed by atoms with Crippen LogP contribution in [0.1, 0.15) is 0 Å². The summed E-state index contributed by atoms with van der Waals surface area (Å²) in [4.78, 5) is 9.93. The second-order valence-corrected chi connectivity index (χ2v) is 8.70. The van der Waals surface area contributed by atoms with E-state index in [0.29, 0.717) is 0 Å². The SMILES string of the molecule is O=C(O)C(F)(F)C(F)(F)C(F)(F)C(F)(F)C(F)(F)C(F)(F)C(F)(F)C(F)(F)C(F)(F)C(F)(F)C(F)(F)C(F)(F)C(F)(F)OC(F)(F)Cl. The van der Waals surface area contributed by atoms with Gasteiger partial charge in [-0.25, -0.2) is 9.53 Å². The van der Waals surface area contributed by atoms with Gasteiger partial charge < -0.3 is 5.11 Å². The summed E-state index contributed by atoms with van der Waals surface area (Å²) in [6.07, 6.45) is -8.16. The van der Waals surface area contributed by atoms with Crippen LogP contribution in [-0.4, -0.2) is 93.8 Å². The lowest BCUT2D eigenvalue weighted by atomic mass is 9.84. The maximum absolute atomic E-state index is 13.7. The van der Waals surface area contributed by atoms with Gasteiger partial charge in [0.1, 0.15) is 0 Å². The Balaban J connectivity index is 7.52. The number of ether oxygens (including phenoxy) is 1. The van der Waals surface area contributed by atoms with E-state index in [1.54, 1.807) is 0 Å². The number of hydrogen-bond donors (Lipinski definition) is 1. The zero-order valence-corrected chi connectivity index (χ0v) is 20.5. The van der Waals surface area contributed by atoms with Gasteiger partial charge in [-0.3, -0.25) is 0 Å². The van der Waals surface area contributed by atoms with Crippen LogP contribution in [0, 0.1) is 0 Å². The second-order valence-electron chi connectivity index (χ2n) is 8.26. The predicted molar refractivity (Wildman–Crippen MR) is 83.8 cm³/mol. The maximum atomic E-state index is 13.7. The summed E-state index contributed by atoms with van der Waals surface area (Å²) in [7, 11) is 0. The van der Waals surface area contributed by atoms with E-state index >= 15 is 0 Å². The van der Waals surface area contributed by atoms with Gasteiger partial charge in [-0.1, -0.05) is 0 Å². The molecule has 0 aliphatic heterocycles. The molecular weight excluding hydrogens is 796 g/mol. The summed E-state index contributed by atoms with van der Waals surface area (Å²) in [6, 6.07) is 0. The number of halogens is 29. The Bertz CT molecular complexity index is 1180. The molecule has 0 rings (SSSR count). The van der Waals surface area contributed by atoms with Crippen molar-refractivity contribution >= 4 is 17.6 Å². The minimum atomic E-state index is -9.95. The number of carboxylic acid groups (broad SMARTS) is 1. The molecule has 32 heteroatoms. The van der Waals surface area contributed by atoms with E-state index in [1.165, 1.54) is 4.74 Å². The molecule has 47 heavy (non-hydrogen) atoms. The van der Waals surface area contributed by atoms with Crippen molar-refractivity contribution in [3.8, 4) is 0 Å². The zero-order valence-electron chi connectivity index (χ0n) is 19.7. The first kappa shape index (κ1) is 44.8. The van der Waals surface area contributed by atoms with Gasteiger partial charge >= 0.3 is 88.7 Å². The standard InChI is InChI=1S/C15HClF28O3/c16-15(43,44)47-14(41,42)13(39,40)12(37,38)11(35,36)10(33,34)9(31,32)8(29,30)7(27,28)6(25,26)5(23,24)4(21,22)3(19,20)2(17,18)1(45)46/h(H,45,46). The molecule has 0 spiro atoms.